The average Bonchev–Trinajstić information content (AvgIpc) is 2.10. The fraction of sp³-hybridized carbons (Fsp3) is 0.900. The number of methoxy groups -OCH3 is 2. The second-order valence-corrected chi connectivity index (χ2v) is 3.79. The van der Waals surface area contributed by atoms with Gasteiger partial charge in [0, 0.05) is 27.2 Å². The van der Waals surface area contributed by atoms with Crippen molar-refractivity contribution in [2.45, 2.75) is 25.6 Å². The molecule has 0 bridgehead atoms. The zero-order valence-corrected chi connectivity index (χ0v) is 9.25. The monoisotopic (exact) mass is 200 g/mol. The highest BCUT2D eigenvalue weighted by molar-refractivity contribution is 5.82. The Balaban J connectivity index is 2.31. The molecule has 1 aliphatic carbocycles. The van der Waals surface area contributed by atoms with Gasteiger partial charge >= 0.3 is 0 Å². The molecule has 82 valence electrons. The summed E-state index contributed by atoms with van der Waals surface area (Å²) in [5, 5.41) is 7.91. The van der Waals surface area contributed by atoms with Crippen molar-refractivity contribution in [2.24, 2.45) is 5.92 Å². The lowest BCUT2D eigenvalue weighted by atomic mass is 9.84. The molecule has 4 heteroatoms. The smallest absolute Gasteiger partial charge is 0.174 e. The zero-order chi connectivity index (χ0) is 10.6. The summed E-state index contributed by atoms with van der Waals surface area (Å²) in [5.74, 6) is 1.18. The predicted octanol–water partition coefficient (Wildman–Crippen LogP) is 1.31. The van der Waals surface area contributed by atoms with Crippen molar-refractivity contribution in [1.82, 2.24) is 4.90 Å². The zero-order valence-electron chi connectivity index (χ0n) is 9.25. The molecule has 0 heterocycles. The summed E-state index contributed by atoms with van der Waals surface area (Å²) in [7, 11) is 5.16. The van der Waals surface area contributed by atoms with Gasteiger partial charge in [0.25, 0.3) is 0 Å². The molecule has 0 spiro atoms. The summed E-state index contributed by atoms with van der Waals surface area (Å²) in [4.78, 5) is 1.92. The lowest BCUT2D eigenvalue weighted by Gasteiger charge is -2.33. The fourth-order valence-corrected chi connectivity index (χ4v) is 1.56. The van der Waals surface area contributed by atoms with E-state index in [2.05, 4.69) is 0 Å². The van der Waals surface area contributed by atoms with Crippen molar-refractivity contribution >= 4 is 5.84 Å². The minimum Gasteiger partial charge on any atom is -0.358 e. The van der Waals surface area contributed by atoms with Crippen LogP contribution in [0.2, 0.25) is 0 Å². The van der Waals surface area contributed by atoms with E-state index in [1.807, 2.05) is 11.9 Å². The van der Waals surface area contributed by atoms with Gasteiger partial charge in [-0.2, -0.15) is 0 Å². The molecule has 0 atom stereocenters. The number of rotatable bonds is 5. The third kappa shape index (κ3) is 2.69. The van der Waals surface area contributed by atoms with Crippen LogP contribution in [0.5, 0.6) is 0 Å². The van der Waals surface area contributed by atoms with Gasteiger partial charge < -0.3 is 14.4 Å². The van der Waals surface area contributed by atoms with E-state index in [0.29, 0.717) is 12.5 Å². The summed E-state index contributed by atoms with van der Waals surface area (Å²) in [6, 6.07) is 0. The summed E-state index contributed by atoms with van der Waals surface area (Å²) in [5.41, 5.74) is 0. The molecule has 0 aromatic heterocycles. The Labute approximate surface area is 85.7 Å². The molecule has 14 heavy (non-hydrogen) atoms. The summed E-state index contributed by atoms with van der Waals surface area (Å²) < 4.78 is 10.2. The van der Waals surface area contributed by atoms with E-state index >= 15 is 0 Å². The second-order valence-electron chi connectivity index (χ2n) is 3.79. The molecular formula is C10H20N2O2. The molecule has 0 unspecified atom stereocenters. The molecule has 0 radical (unpaired) electrons. The van der Waals surface area contributed by atoms with Gasteiger partial charge in [-0.05, 0) is 12.8 Å². The van der Waals surface area contributed by atoms with Crippen LogP contribution in [0.15, 0.2) is 0 Å². The molecule has 1 N–H and O–H groups in total. The van der Waals surface area contributed by atoms with E-state index < -0.39 is 0 Å². The molecule has 0 aromatic carbocycles. The molecule has 1 saturated carbocycles. The standard InChI is InChI=1S/C10H20N2O2/c1-12(7-9(13-2)14-3)10(11)8-5-4-6-8/h8-9,11H,4-7H2,1-3H3. The van der Waals surface area contributed by atoms with Crippen LogP contribution in [-0.4, -0.2) is 44.8 Å². The maximum absolute atomic E-state index is 7.91. The van der Waals surface area contributed by atoms with Crippen LogP contribution in [0.25, 0.3) is 0 Å². The number of amidine groups is 1. The van der Waals surface area contributed by atoms with Crippen LogP contribution in [0.4, 0.5) is 0 Å². The van der Waals surface area contributed by atoms with E-state index in [1.165, 1.54) is 6.42 Å². The highest BCUT2D eigenvalue weighted by atomic mass is 16.7. The fourth-order valence-electron chi connectivity index (χ4n) is 1.56. The molecule has 0 aromatic rings. The molecular weight excluding hydrogens is 180 g/mol. The first-order chi connectivity index (χ1) is 6.69. The Kier molecular flexibility index (Phi) is 4.35. The largest absolute Gasteiger partial charge is 0.358 e. The van der Waals surface area contributed by atoms with Gasteiger partial charge in [-0.25, -0.2) is 0 Å². The van der Waals surface area contributed by atoms with Crippen molar-refractivity contribution in [3.63, 3.8) is 0 Å². The molecule has 0 amide bonds. The normalized spacial score (nSPS) is 16.9. The maximum Gasteiger partial charge on any atom is 0.174 e. The number of nitrogens with one attached hydrogen (secondary N) is 1. The molecule has 1 aliphatic rings. The van der Waals surface area contributed by atoms with Crippen molar-refractivity contribution in [3.8, 4) is 0 Å². The van der Waals surface area contributed by atoms with E-state index in [0.717, 1.165) is 18.7 Å². The van der Waals surface area contributed by atoms with Gasteiger partial charge in [-0.15, -0.1) is 0 Å². The SMILES string of the molecule is COC(CN(C)C(=N)C1CCC1)OC. The van der Waals surface area contributed by atoms with E-state index in [4.69, 9.17) is 14.9 Å². The van der Waals surface area contributed by atoms with Crippen LogP contribution >= 0.6 is 0 Å². The Morgan fingerprint density at radius 3 is 2.36 bits per heavy atom. The van der Waals surface area contributed by atoms with E-state index in [1.54, 1.807) is 14.2 Å². The second kappa shape index (κ2) is 5.32. The number of hydrogen-bond donors (Lipinski definition) is 1. The summed E-state index contributed by atoms with van der Waals surface area (Å²) >= 11 is 0. The lowest BCUT2D eigenvalue weighted by Crippen LogP contribution is -2.40. The highest BCUT2D eigenvalue weighted by Crippen LogP contribution is 2.28. The van der Waals surface area contributed by atoms with Crippen molar-refractivity contribution in [3.05, 3.63) is 0 Å². The number of hydrogen-bond acceptors (Lipinski definition) is 3. The summed E-state index contributed by atoms with van der Waals surface area (Å²) in [6.45, 7) is 0.627. The van der Waals surface area contributed by atoms with Crippen molar-refractivity contribution < 1.29 is 9.47 Å². The van der Waals surface area contributed by atoms with Crippen molar-refractivity contribution in [1.29, 1.82) is 5.41 Å². The average molecular weight is 200 g/mol. The van der Waals surface area contributed by atoms with E-state index in [9.17, 15) is 0 Å². The Morgan fingerprint density at radius 2 is 2.00 bits per heavy atom. The number of likely N-dealkylation sites (N-methyl/N-ethyl adjacent to an activating group) is 1. The Morgan fingerprint density at radius 1 is 1.43 bits per heavy atom. The van der Waals surface area contributed by atoms with Crippen molar-refractivity contribution in [2.75, 3.05) is 27.8 Å². The Bertz CT molecular complexity index is 189. The van der Waals surface area contributed by atoms with Crippen LogP contribution in [0.3, 0.4) is 0 Å². The first kappa shape index (κ1) is 11.5. The quantitative estimate of drug-likeness (QED) is 0.413. The first-order valence-electron chi connectivity index (χ1n) is 5.04. The van der Waals surface area contributed by atoms with E-state index in [-0.39, 0.29) is 6.29 Å². The summed E-state index contributed by atoms with van der Waals surface area (Å²) in [6.07, 6.45) is 3.35. The molecule has 1 rings (SSSR count). The van der Waals surface area contributed by atoms with Crippen LogP contribution < -0.4 is 0 Å². The van der Waals surface area contributed by atoms with Gasteiger partial charge in [0.2, 0.25) is 0 Å². The number of ether oxygens (including phenoxy) is 2. The van der Waals surface area contributed by atoms with Gasteiger partial charge in [-0.1, -0.05) is 6.42 Å². The minimum absolute atomic E-state index is 0.236. The third-order valence-electron chi connectivity index (χ3n) is 2.85. The topological polar surface area (TPSA) is 45.5 Å². The Hall–Kier alpha value is -0.610. The highest BCUT2D eigenvalue weighted by Gasteiger charge is 2.25. The van der Waals surface area contributed by atoms with Crippen LogP contribution in [0.1, 0.15) is 19.3 Å². The molecule has 0 aliphatic heterocycles. The predicted molar refractivity (Wildman–Crippen MR) is 55.5 cm³/mol. The minimum atomic E-state index is -0.236. The van der Waals surface area contributed by atoms with Crippen LogP contribution in [0, 0.1) is 11.3 Å². The lowest BCUT2D eigenvalue weighted by molar-refractivity contribution is -0.108. The van der Waals surface area contributed by atoms with Gasteiger partial charge in [0.15, 0.2) is 6.29 Å². The number of nitrogens with zero attached hydrogens (tertiary/aromatic N) is 1. The maximum atomic E-state index is 7.91. The van der Waals surface area contributed by atoms with Gasteiger partial charge in [-0.3, -0.25) is 5.41 Å². The van der Waals surface area contributed by atoms with Crippen LogP contribution in [-0.2, 0) is 9.47 Å². The molecule has 0 saturated heterocycles. The molecule has 4 nitrogen and oxygen atoms in total. The third-order valence-corrected chi connectivity index (χ3v) is 2.85. The molecule has 1 fully saturated rings. The van der Waals surface area contributed by atoms with Gasteiger partial charge in [0.1, 0.15) is 0 Å². The first-order valence-corrected chi connectivity index (χ1v) is 5.04. The van der Waals surface area contributed by atoms with Gasteiger partial charge in [0.05, 0.1) is 12.4 Å².